The molecule has 0 aliphatic carbocycles. The molecule has 3 heterocycles. The van der Waals surface area contributed by atoms with Crippen molar-refractivity contribution in [1.82, 2.24) is 4.98 Å². The average Bonchev–Trinajstić information content (AvgIpc) is 3.16. The number of pyridine rings is 1. The molecule has 2 aliphatic heterocycles. The molecule has 1 radical (unpaired) electrons. The van der Waals surface area contributed by atoms with Crippen LogP contribution in [0.4, 0.5) is 0 Å². The third-order valence-electron chi connectivity index (χ3n) is 4.49. The third-order valence-corrected chi connectivity index (χ3v) is 4.49. The summed E-state index contributed by atoms with van der Waals surface area (Å²) in [5.74, 6) is 1.23. The van der Waals surface area contributed by atoms with Crippen LogP contribution in [0, 0.1) is 10.8 Å². The van der Waals surface area contributed by atoms with E-state index in [9.17, 15) is 0 Å². The average molecular weight is 459 g/mol. The van der Waals surface area contributed by atoms with Crippen LogP contribution in [0.2, 0.25) is 0 Å². The largest absolute Gasteiger partial charge is 2.00 e. The first-order valence-electron chi connectivity index (χ1n) is 8.53. The summed E-state index contributed by atoms with van der Waals surface area (Å²) in [6.45, 7) is 14.2. The number of nitrogens with zero attached hydrogens (tertiary/aromatic N) is 3. The van der Waals surface area contributed by atoms with Gasteiger partial charge in [0.25, 0.3) is 0 Å². The van der Waals surface area contributed by atoms with Crippen molar-refractivity contribution in [1.29, 1.82) is 0 Å². The van der Waals surface area contributed by atoms with Gasteiger partial charge in [0.2, 0.25) is 11.8 Å². The summed E-state index contributed by atoms with van der Waals surface area (Å²) in [7, 11) is 0. The Morgan fingerprint density at radius 3 is 1.44 bits per heavy atom. The second-order valence-electron chi connectivity index (χ2n) is 8.66. The number of aromatic nitrogens is 1. The molecule has 2 aliphatic rings. The zero-order valence-corrected chi connectivity index (χ0v) is 19.1. The van der Waals surface area contributed by atoms with Gasteiger partial charge in [-0.25, -0.2) is 15.0 Å². The van der Waals surface area contributed by atoms with Gasteiger partial charge in [-0.15, -0.1) is 0 Å². The summed E-state index contributed by atoms with van der Waals surface area (Å²) in [6, 6.07) is 6.10. The Balaban J connectivity index is 0.00000225. The zero-order valence-electron chi connectivity index (χ0n) is 16.5. The van der Waals surface area contributed by atoms with Crippen molar-refractivity contribution in [3.05, 3.63) is 29.6 Å². The second-order valence-corrected chi connectivity index (χ2v) is 8.66. The van der Waals surface area contributed by atoms with E-state index in [0.29, 0.717) is 25.0 Å². The van der Waals surface area contributed by atoms with E-state index < -0.39 is 0 Å². The third kappa shape index (κ3) is 6.08. The Hall–Kier alpha value is -0.824. The first kappa shape index (κ1) is 26.2. The van der Waals surface area contributed by atoms with E-state index in [0.717, 1.165) is 11.4 Å². The van der Waals surface area contributed by atoms with Crippen molar-refractivity contribution >= 4 is 11.8 Å². The molecule has 0 spiro atoms. The summed E-state index contributed by atoms with van der Waals surface area (Å²) in [4.78, 5) is 14.1. The van der Waals surface area contributed by atoms with E-state index >= 15 is 0 Å². The van der Waals surface area contributed by atoms with Crippen molar-refractivity contribution in [3.8, 4) is 0 Å². The summed E-state index contributed by atoms with van der Waals surface area (Å²) in [5, 5.41) is 0. The van der Waals surface area contributed by atoms with Crippen LogP contribution < -0.4 is 24.8 Å². The Kier molecular flexibility index (Phi) is 9.30. The van der Waals surface area contributed by atoms with E-state index in [4.69, 9.17) is 19.5 Å². The van der Waals surface area contributed by atoms with E-state index in [1.807, 2.05) is 18.2 Å². The van der Waals surface area contributed by atoms with Crippen LogP contribution in [-0.2, 0) is 26.3 Å². The van der Waals surface area contributed by atoms with Gasteiger partial charge in [-0.3, -0.25) is 0 Å². The fraction of sp³-hybridized carbons (Fsp3) is 0.632. The fourth-order valence-electron chi connectivity index (χ4n) is 2.59. The van der Waals surface area contributed by atoms with Gasteiger partial charge in [0.15, 0.2) is 0 Å². The maximum absolute atomic E-state index is 5.78. The Morgan fingerprint density at radius 2 is 1.15 bits per heavy atom. The number of hydrogen-bond donors (Lipinski definition) is 0. The van der Waals surface area contributed by atoms with Crippen molar-refractivity contribution < 1.29 is 51.1 Å². The normalized spacial score (nSPS) is 21.6. The van der Waals surface area contributed by atoms with Crippen LogP contribution in [0.3, 0.4) is 0 Å². The predicted molar refractivity (Wildman–Crippen MR) is 95.7 cm³/mol. The van der Waals surface area contributed by atoms with Crippen LogP contribution in [0.25, 0.3) is 0 Å². The van der Waals surface area contributed by atoms with Crippen LogP contribution in [0.1, 0.15) is 52.9 Å². The smallest absolute Gasteiger partial charge is 1.00 e. The Labute approximate surface area is 184 Å². The molecule has 2 unspecified atom stereocenters. The monoisotopic (exact) mass is 458 g/mol. The first-order chi connectivity index (χ1) is 11.1. The van der Waals surface area contributed by atoms with Crippen LogP contribution in [-0.4, -0.2) is 42.1 Å². The second kappa shape index (κ2) is 9.59. The number of ether oxygens (including phenoxy) is 2. The SMILES string of the molecule is CC(C)(C)C1COC(c2cccc(C3=NC(C(C)(C)C)CO3)n2)=N1.[Cl-].[Cl-].[Co+2]. The number of rotatable bonds is 2. The van der Waals surface area contributed by atoms with Gasteiger partial charge in [0, 0.05) is 0 Å². The Bertz CT molecular complexity index is 642. The molecule has 8 heteroatoms. The summed E-state index contributed by atoms with van der Waals surface area (Å²) < 4.78 is 11.6. The van der Waals surface area contributed by atoms with Gasteiger partial charge >= 0.3 is 16.8 Å². The molecule has 0 saturated carbocycles. The Morgan fingerprint density at radius 1 is 0.778 bits per heavy atom. The molecule has 2 atom stereocenters. The van der Waals surface area contributed by atoms with Crippen molar-refractivity contribution in [2.75, 3.05) is 13.2 Å². The molecule has 0 amide bonds. The summed E-state index contributed by atoms with van der Waals surface area (Å²) in [5.41, 5.74) is 1.64. The molecular formula is C19H27Cl2CoN3O2. The van der Waals surface area contributed by atoms with Gasteiger partial charge < -0.3 is 34.3 Å². The van der Waals surface area contributed by atoms with Gasteiger partial charge in [-0.1, -0.05) is 47.6 Å². The molecule has 5 nitrogen and oxygen atoms in total. The number of halogens is 2. The zero-order chi connectivity index (χ0) is 17.5. The maximum Gasteiger partial charge on any atom is 2.00 e. The molecule has 153 valence electrons. The summed E-state index contributed by atoms with van der Waals surface area (Å²) >= 11 is 0. The quantitative estimate of drug-likeness (QED) is 0.491. The number of hydrogen-bond acceptors (Lipinski definition) is 5. The topological polar surface area (TPSA) is 56.1 Å². The van der Waals surface area contributed by atoms with Crippen LogP contribution in [0.15, 0.2) is 28.2 Å². The van der Waals surface area contributed by atoms with Gasteiger partial charge in [0.1, 0.15) is 24.6 Å². The van der Waals surface area contributed by atoms with E-state index in [-0.39, 0.29) is 64.5 Å². The fourth-order valence-corrected chi connectivity index (χ4v) is 2.59. The summed E-state index contributed by atoms with van der Waals surface area (Å²) in [6.07, 6.45) is 0. The molecule has 0 N–H and O–H groups in total. The minimum Gasteiger partial charge on any atom is -1.00 e. The molecule has 1 aromatic rings. The molecule has 0 saturated heterocycles. The van der Waals surface area contributed by atoms with Crippen molar-refractivity contribution in [3.63, 3.8) is 0 Å². The molecule has 3 rings (SSSR count). The number of aliphatic imine (C=N–C) groups is 2. The first-order valence-corrected chi connectivity index (χ1v) is 8.53. The van der Waals surface area contributed by atoms with Gasteiger partial charge in [-0.05, 0) is 23.0 Å². The van der Waals surface area contributed by atoms with Crippen LogP contribution >= 0.6 is 0 Å². The molecule has 0 aromatic carbocycles. The molecule has 0 bridgehead atoms. The maximum atomic E-state index is 5.78. The standard InChI is InChI=1S/C19H27N3O2.2ClH.Co/c1-18(2,3)14-10-23-16(21-14)12-8-7-9-13(20-12)17-22-15(11-24-17)19(4,5)6;;;/h7-9,14-15H,10-11H2,1-6H3;2*1H;/q;;;+2/p-2. The molecule has 0 fully saturated rings. The minimum absolute atomic E-state index is 0. The molecule has 1 aromatic heterocycles. The van der Waals surface area contributed by atoms with Gasteiger partial charge in [-0.2, -0.15) is 0 Å². The predicted octanol–water partition coefficient (Wildman–Crippen LogP) is -2.53. The van der Waals surface area contributed by atoms with Crippen molar-refractivity contribution in [2.45, 2.75) is 53.6 Å². The van der Waals surface area contributed by atoms with E-state index in [2.05, 4.69) is 46.5 Å². The van der Waals surface area contributed by atoms with E-state index in [1.54, 1.807) is 0 Å². The molecule has 27 heavy (non-hydrogen) atoms. The minimum atomic E-state index is 0. The van der Waals surface area contributed by atoms with Crippen LogP contribution in [0.5, 0.6) is 0 Å². The molecular weight excluding hydrogens is 432 g/mol. The van der Waals surface area contributed by atoms with E-state index in [1.165, 1.54) is 0 Å². The van der Waals surface area contributed by atoms with Crippen molar-refractivity contribution in [2.24, 2.45) is 20.8 Å². The van der Waals surface area contributed by atoms with Gasteiger partial charge in [0.05, 0.1) is 12.1 Å².